The molecular weight excluding hydrogens is 424 g/mol. The monoisotopic (exact) mass is 456 g/mol. The summed E-state index contributed by atoms with van der Waals surface area (Å²) in [6.07, 6.45) is 4.16. The summed E-state index contributed by atoms with van der Waals surface area (Å²) in [5, 5.41) is 4.33. The molecule has 1 heterocycles. The highest BCUT2D eigenvalue weighted by Crippen LogP contribution is 2.32. The largest absolute Gasteiger partial charge is 0.493 e. The number of carbonyl (C=O) groups excluding carboxylic acids is 1. The first-order chi connectivity index (χ1) is 16.6. The SMILES string of the molecule is COc1ccc(CCNC(=O)CC(Cc2ccccc2)c2cn(C)c3ccccc23)cc1OC. The molecule has 1 aromatic heterocycles. The zero-order chi connectivity index (χ0) is 23.9. The minimum Gasteiger partial charge on any atom is -0.493 e. The lowest BCUT2D eigenvalue weighted by molar-refractivity contribution is -0.121. The molecule has 0 aliphatic rings. The van der Waals surface area contributed by atoms with E-state index >= 15 is 0 Å². The smallest absolute Gasteiger partial charge is 0.220 e. The van der Waals surface area contributed by atoms with Crippen LogP contribution in [0.25, 0.3) is 10.9 Å². The molecule has 0 spiro atoms. The molecule has 0 aliphatic heterocycles. The van der Waals surface area contributed by atoms with Crippen molar-refractivity contribution in [3.8, 4) is 11.5 Å². The molecule has 5 heteroatoms. The van der Waals surface area contributed by atoms with Gasteiger partial charge in [-0.25, -0.2) is 0 Å². The van der Waals surface area contributed by atoms with E-state index in [4.69, 9.17) is 9.47 Å². The highest BCUT2D eigenvalue weighted by molar-refractivity contribution is 5.86. The van der Waals surface area contributed by atoms with Crippen molar-refractivity contribution >= 4 is 16.8 Å². The van der Waals surface area contributed by atoms with Gasteiger partial charge in [0.15, 0.2) is 11.5 Å². The van der Waals surface area contributed by atoms with E-state index in [9.17, 15) is 4.79 Å². The Bertz CT molecular complexity index is 1250. The molecule has 1 atom stereocenters. The first-order valence-electron chi connectivity index (χ1n) is 11.6. The average Bonchev–Trinajstić information content (AvgIpc) is 3.20. The zero-order valence-corrected chi connectivity index (χ0v) is 20.1. The molecule has 34 heavy (non-hydrogen) atoms. The third-order valence-corrected chi connectivity index (χ3v) is 6.31. The van der Waals surface area contributed by atoms with Crippen molar-refractivity contribution in [2.24, 2.45) is 7.05 Å². The summed E-state index contributed by atoms with van der Waals surface area (Å²) in [5.41, 5.74) is 4.73. The summed E-state index contributed by atoms with van der Waals surface area (Å²) in [6.45, 7) is 0.571. The highest BCUT2D eigenvalue weighted by Gasteiger charge is 2.21. The molecule has 4 aromatic rings. The Morgan fingerprint density at radius 3 is 2.41 bits per heavy atom. The van der Waals surface area contributed by atoms with Gasteiger partial charge >= 0.3 is 0 Å². The molecule has 1 unspecified atom stereocenters. The topological polar surface area (TPSA) is 52.5 Å². The predicted molar refractivity (Wildman–Crippen MR) is 137 cm³/mol. The molecule has 5 nitrogen and oxygen atoms in total. The Labute approximate surface area is 201 Å². The van der Waals surface area contributed by atoms with Crippen LogP contribution in [0.4, 0.5) is 0 Å². The van der Waals surface area contributed by atoms with Crippen LogP contribution in [0, 0.1) is 0 Å². The molecule has 4 rings (SSSR count). The van der Waals surface area contributed by atoms with Gasteiger partial charge in [-0.3, -0.25) is 4.79 Å². The number of fused-ring (bicyclic) bond motifs is 1. The van der Waals surface area contributed by atoms with Gasteiger partial charge in [-0.15, -0.1) is 0 Å². The Morgan fingerprint density at radius 1 is 0.912 bits per heavy atom. The molecule has 0 radical (unpaired) electrons. The second kappa shape index (κ2) is 10.9. The van der Waals surface area contributed by atoms with Gasteiger partial charge < -0.3 is 19.4 Å². The van der Waals surface area contributed by atoms with Gasteiger partial charge in [0.25, 0.3) is 0 Å². The van der Waals surface area contributed by atoms with E-state index in [1.807, 2.05) is 24.3 Å². The van der Waals surface area contributed by atoms with E-state index < -0.39 is 0 Å². The number of ether oxygens (including phenoxy) is 2. The van der Waals surface area contributed by atoms with E-state index in [0.29, 0.717) is 24.5 Å². The number of benzene rings is 3. The van der Waals surface area contributed by atoms with Gasteiger partial charge in [-0.1, -0.05) is 54.6 Å². The van der Waals surface area contributed by atoms with Gasteiger partial charge in [-0.2, -0.15) is 0 Å². The molecule has 0 saturated heterocycles. The second-order valence-corrected chi connectivity index (χ2v) is 8.59. The Hall–Kier alpha value is -3.73. The molecule has 176 valence electrons. The summed E-state index contributed by atoms with van der Waals surface area (Å²) < 4.78 is 12.8. The number of hydrogen-bond donors (Lipinski definition) is 1. The fraction of sp³-hybridized carbons (Fsp3) is 0.276. The summed E-state index contributed by atoms with van der Waals surface area (Å²) in [7, 11) is 5.32. The van der Waals surface area contributed by atoms with Crippen LogP contribution < -0.4 is 14.8 Å². The quantitative estimate of drug-likeness (QED) is 0.354. The van der Waals surface area contributed by atoms with E-state index in [1.54, 1.807) is 14.2 Å². The maximum absolute atomic E-state index is 13.0. The lowest BCUT2D eigenvalue weighted by Crippen LogP contribution is -2.27. The Kier molecular flexibility index (Phi) is 7.53. The van der Waals surface area contributed by atoms with E-state index in [0.717, 1.165) is 18.4 Å². The molecule has 1 N–H and O–H groups in total. The van der Waals surface area contributed by atoms with Gasteiger partial charge in [0, 0.05) is 37.1 Å². The van der Waals surface area contributed by atoms with Crippen molar-refractivity contribution in [2.75, 3.05) is 20.8 Å². The number of para-hydroxylation sites is 1. The molecular formula is C29H32N2O3. The summed E-state index contributed by atoms with van der Waals surface area (Å²) in [5.74, 6) is 1.56. The zero-order valence-electron chi connectivity index (χ0n) is 20.1. The van der Waals surface area contributed by atoms with Crippen molar-refractivity contribution in [1.29, 1.82) is 0 Å². The number of nitrogens with zero attached hydrogens (tertiary/aromatic N) is 1. The Balaban J connectivity index is 1.46. The Morgan fingerprint density at radius 2 is 1.65 bits per heavy atom. The van der Waals surface area contributed by atoms with Crippen LogP contribution in [0.15, 0.2) is 79.0 Å². The summed E-state index contributed by atoms with van der Waals surface area (Å²) >= 11 is 0. The molecule has 1 amide bonds. The molecule has 0 bridgehead atoms. The number of amides is 1. The lowest BCUT2D eigenvalue weighted by atomic mass is 9.88. The maximum atomic E-state index is 13.0. The summed E-state index contributed by atoms with van der Waals surface area (Å²) in [4.78, 5) is 13.0. The van der Waals surface area contributed by atoms with Crippen LogP contribution in [-0.4, -0.2) is 31.2 Å². The number of aromatic nitrogens is 1. The van der Waals surface area contributed by atoms with Gasteiger partial charge in [0.2, 0.25) is 5.91 Å². The van der Waals surface area contributed by atoms with Crippen LogP contribution in [0.3, 0.4) is 0 Å². The van der Waals surface area contributed by atoms with E-state index in [-0.39, 0.29) is 11.8 Å². The molecule has 0 saturated carbocycles. The standard InChI is InChI=1S/C29H32N2O3/c1-31-20-25(24-11-7-8-12-26(24)31)23(17-21-9-5-4-6-10-21)19-29(32)30-16-15-22-13-14-27(33-2)28(18-22)34-3/h4-14,18,20,23H,15-17,19H2,1-3H3,(H,30,32). The van der Waals surface area contributed by atoms with Crippen LogP contribution in [0.2, 0.25) is 0 Å². The fourth-order valence-corrected chi connectivity index (χ4v) is 4.57. The van der Waals surface area contributed by atoms with Crippen molar-refractivity contribution < 1.29 is 14.3 Å². The number of aryl methyl sites for hydroxylation is 1. The maximum Gasteiger partial charge on any atom is 0.220 e. The normalized spacial score (nSPS) is 11.9. The lowest BCUT2D eigenvalue weighted by Gasteiger charge is -2.17. The van der Waals surface area contributed by atoms with Crippen molar-refractivity contribution in [1.82, 2.24) is 9.88 Å². The van der Waals surface area contributed by atoms with E-state index in [1.165, 1.54) is 22.0 Å². The predicted octanol–water partition coefficient (Wildman–Crippen LogP) is 5.27. The van der Waals surface area contributed by atoms with Gasteiger partial charge in [0.1, 0.15) is 0 Å². The van der Waals surface area contributed by atoms with Crippen molar-refractivity contribution in [2.45, 2.75) is 25.2 Å². The van der Waals surface area contributed by atoms with Crippen molar-refractivity contribution in [3.63, 3.8) is 0 Å². The summed E-state index contributed by atoms with van der Waals surface area (Å²) in [6, 6.07) is 24.6. The average molecular weight is 457 g/mol. The van der Waals surface area contributed by atoms with Crippen LogP contribution in [0.5, 0.6) is 11.5 Å². The van der Waals surface area contributed by atoms with Crippen LogP contribution in [0.1, 0.15) is 29.0 Å². The number of rotatable bonds is 10. The minimum atomic E-state index is 0.0642. The molecule has 0 fully saturated rings. The second-order valence-electron chi connectivity index (χ2n) is 8.59. The third kappa shape index (κ3) is 5.42. The fourth-order valence-electron chi connectivity index (χ4n) is 4.57. The van der Waals surface area contributed by atoms with Gasteiger partial charge in [-0.05, 0) is 53.6 Å². The highest BCUT2D eigenvalue weighted by atomic mass is 16.5. The van der Waals surface area contributed by atoms with Gasteiger partial charge in [0.05, 0.1) is 14.2 Å². The third-order valence-electron chi connectivity index (χ3n) is 6.31. The number of carbonyl (C=O) groups is 1. The van der Waals surface area contributed by atoms with E-state index in [2.05, 4.69) is 71.7 Å². The van der Waals surface area contributed by atoms with Crippen molar-refractivity contribution in [3.05, 3.63) is 95.7 Å². The van der Waals surface area contributed by atoms with Crippen LogP contribution in [-0.2, 0) is 24.7 Å². The molecule has 0 aliphatic carbocycles. The number of methoxy groups -OCH3 is 2. The minimum absolute atomic E-state index is 0.0642. The first-order valence-corrected chi connectivity index (χ1v) is 11.6. The first kappa shape index (κ1) is 23.4. The number of hydrogen-bond acceptors (Lipinski definition) is 3. The molecule has 3 aromatic carbocycles. The number of nitrogens with one attached hydrogen (secondary N) is 1. The van der Waals surface area contributed by atoms with Crippen LogP contribution >= 0.6 is 0 Å².